The van der Waals surface area contributed by atoms with Gasteiger partial charge in [-0.2, -0.15) is 0 Å². The number of ether oxygens (including phenoxy) is 1. The van der Waals surface area contributed by atoms with E-state index in [4.69, 9.17) is 4.74 Å². The predicted molar refractivity (Wildman–Crippen MR) is 80.0 cm³/mol. The Bertz CT molecular complexity index is 494. The van der Waals surface area contributed by atoms with E-state index in [9.17, 15) is 4.79 Å². The zero-order chi connectivity index (χ0) is 15.4. The fraction of sp³-hybridized carbons (Fsp3) is 0.867. The molecule has 22 heavy (non-hydrogen) atoms. The van der Waals surface area contributed by atoms with Crippen LogP contribution in [0.3, 0.4) is 0 Å². The first-order chi connectivity index (χ1) is 10.8. The molecule has 1 aromatic heterocycles. The topological polar surface area (TPSA) is 73.1 Å². The van der Waals surface area contributed by atoms with Crippen molar-refractivity contribution in [2.24, 2.45) is 0 Å². The predicted octanol–water partition coefficient (Wildman–Crippen LogP) is 1.71. The Morgan fingerprint density at radius 3 is 2.73 bits per heavy atom. The second-order valence-corrected chi connectivity index (χ2v) is 6.27. The van der Waals surface area contributed by atoms with Gasteiger partial charge in [-0.05, 0) is 43.0 Å². The lowest BCUT2D eigenvalue weighted by atomic mass is 9.94. The summed E-state index contributed by atoms with van der Waals surface area (Å²) in [6.45, 7) is 3.23. The Hall–Kier alpha value is -1.50. The molecule has 0 aromatic carbocycles. The van der Waals surface area contributed by atoms with E-state index in [0.717, 1.165) is 31.5 Å². The SMILES string of the molecule is CCOC(=O)CN(Cc1nnnn1C1CC1)C1CCCCC1. The molecule has 0 bridgehead atoms. The highest BCUT2D eigenvalue weighted by Crippen LogP contribution is 2.34. The van der Waals surface area contributed by atoms with Gasteiger partial charge in [-0.3, -0.25) is 9.69 Å². The van der Waals surface area contributed by atoms with Crippen molar-refractivity contribution in [2.75, 3.05) is 13.2 Å². The summed E-state index contributed by atoms with van der Waals surface area (Å²) in [6, 6.07) is 0.892. The van der Waals surface area contributed by atoms with Crippen molar-refractivity contribution >= 4 is 5.97 Å². The van der Waals surface area contributed by atoms with Gasteiger partial charge in [0.25, 0.3) is 0 Å². The summed E-state index contributed by atoms with van der Waals surface area (Å²) in [5.41, 5.74) is 0. The Morgan fingerprint density at radius 2 is 2.05 bits per heavy atom. The van der Waals surface area contributed by atoms with Crippen LogP contribution in [0.5, 0.6) is 0 Å². The van der Waals surface area contributed by atoms with E-state index < -0.39 is 0 Å². The van der Waals surface area contributed by atoms with Gasteiger partial charge < -0.3 is 4.74 Å². The molecule has 0 aliphatic heterocycles. The van der Waals surface area contributed by atoms with Crippen molar-refractivity contribution in [3.8, 4) is 0 Å². The highest BCUT2D eigenvalue weighted by molar-refractivity contribution is 5.71. The minimum absolute atomic E-state index is 0.154. The zero-order valence-electron chi connectivity index (χ0n) is 13.3. The number of esters is 1. The molecule has 0 spiro atoms. The van der Waals surface area contributed by atoms with Crippen molar-refractivity contribution < 1.29 is 9.53 Å². The molecule has 7 heteroatoms. The second-order valence-electron chi connectivity index (χ2n) is 6.27. The van der Waals surface area contributed by atoms with Crippen molar-refractivity contribution in [3.05, 3.63) is 5.82 Å². The van der Waals surface area contributed by atoms with Crippen LogP contribution in [0.4, 0.5) is 0 Å². The van der Waals surface area contributed by atoms with Gasteiger partial charge >= 0.3 is 5.97 Å². The van der Waals surface area contributed by atoms with Crippen LogP contribution in [0.2, 0.25) is 0 Å². The van der Waals surface area contributed by atoms with Crippen molar-refractivity contribution in [1.29, 1.82) is 0 Å². The summed E-state index contributed by atoms with van der Waals surface area (Å²) in [5.74, 6) is 0.718. The average molecular weight is 307 g/mol. The Balaban J connectivity index is 1.68. The van der Waals surface area contributed by atoms with E-state index in [-0.39, 0.29) is 5.97 Å². The Kier molecular flexibility index (Phi) is 5.02. The van der Waals surface area contributed by atoms with E-state index in [1.165, 1.54) is 19.3 Å². The van der Waals surface area contributed by atoms with Crippen LogP contribution in [0.1, 0.15) is 63.7 Å². The molecule has 2 aliphatic rings. The largest absolute Gasteiger partial charge is 0.465 e. The average Bonchev–Trinajstić information content (AvgIpc) is 3.27. The molecule has 0 N–H and O–H groups in total. The summed E-state index contributed by atoms with van der Waals surface area (Å²) in [5, 5.41) is 12.1. The quantitative estimate of drug-likeness (QED) is 0.714. The van der Waals surface area contributed by atoms with E-state index in [0.29, 0.717) is 31.8 Å². The molecule has 0 saturated heterocycles. The molecule has 0 radical (unpaired) electrons. The monoisotopic (exact) mass is 307 g/mol. The fourth-order valence-corrected chi connectivity index (χ4v) is 3.23. The lowest BCUT2D eigenvalue weighted by molar-refractivity contribution is -0.145. The summed E-state index contributed by atoms with van der Waals surface area (Å²) in [7, 11) is 0. The minimum atomic E-state index is -0.154. The van der Waals surface area contributed by atoms with Gasteiger partial charge in [0, 0.05) is 6.04 Å². The molecule has 0 unspecified atom stereocenters. The van der Waals surface area contributed by atoms with Crippen molar-refractivity contribution in [1.82, 2.24) is 25.1 Å². The maximum Gasteiger partial charge on any atom is 0.320 e. The standard InChI is InChI=1S/C15H25N5O2/c1-2-22-15(21)11-19(12-6-4-3-5-7-12)10-14-16-17-18-20(14)13-8-9-13/h12-13H,2-11H2,1H3. The van der Waals surface area contributed by atoms with Gasteiger partial charge in [0.15, 0.2) is 5.82 Å². The molecular formula is C15H25N5O2. The van der Waals surface area contributed by atoms with Gasteiger partial charge in [0.2, 0.25) is 0 Å². The van der Waals surface area contributed by atoms with Gasteiger partial charge in [-0.25, -0.2) is 4.68 Å². The zero-order valence-corrected chi connectivity index (χ0v) is 13.3. The number of tetrazole rings is 1. The van der Waals surface area contributed by atoms with E-state index in [2.05, 4.69) is 20.4 Å². The normalized spacial score (nSPS) is 19.5. The molecule has 2 saturated carbocycles. The molecule has 1 aromatic rings. The summed E-state index contributed by atoms with van der Waals surface area (Å²) in [4.78, 5) is 14.1. The third-order valence-corrected chi connectivity index (χ3v) is 4.53. The number of aromatic nitrogens is 4. The Morgan fingerprint density at radius 1 is 1.27 bits per heavy atom. The molecule has 0 amide bonds. The first kappa shape index (κ1) is 15.4. The minimum Gasteiger partial charge on any atom is -0.465 e. The van der Waals surface area contributed by atoms with E-state index in [1.807, 2.05) is 11.6 Å². The molecule has 7 nitrogen and oxygen atoms in total. The number of carbonyl (C=O) groups is 1. The molecule has 3 rings (SSSR count). The first-order valence-electron chi connectivity index (χ1n) is 8.44. The molecule has 122 valence electrons. The number of hydrogen-bond acceptors (Lipinski definition) is 6. The molecular weight excluding hydrogens is 282 g/mol. The van der Waals surface area contributed by atoms with Crippen LogP contribution in [0.25, 0.3) is 0 Å². The van der Waals surface area contributed by atoms with Gasteiger partial charge in [-0.15, -0.1) is 5.10 Å². The van der Waals surface area contributed by atoms with Crippen molar-refractivity contribution in [3.63, 3.8) is 0 Å². The van der Waals surface area contributed by atoms with Crippen molar-refractivity contribution in [2.45, 2.75) is 70.5 Å². The first-order valence-corrected chi connectivity index (χ1v) is 8.44. The smallest absolute Gasteiger partial charge is 0.320 e. The lowest BCUT2D eigenvalue weighted by Crippen LogP contribution is -2.41. The maximum absolute atomic E-state index is 11.9. The molecule has 1 heterocycles. The third kappa shape index (κ3) is 3.82. The summed E-state index contributed by atoms with van der Waals surface area (Å²) >= 11 is 0. The maximum atomic E-state index is 11.9. The lowest BCUT2D eigenvalue weighted by Gasteiger charge is -2.33. The molecule has 2 fully saturated rings. The van der Waals surface area contributed by atoms with Crippen LogP contribution < -0.4 is 0 Å². The van der Waals surface area contributed by atoms with Gasteiger partial charge in [0.1, 0.15) is 0 Å². The van der Waals surface area contributed by atoms with E-state index in [1.54, 1.807) is 0 Å². The highest BCUT2D eigenvalue weighted by Gasteiger charge is 2.30. The van der Waals surface area contributed by atoms with Crippen LogP contribution in [-0.2, 0) is 16.1 Å². The Labute approximate surface area is 131 Å². The number of carbonyl (C=O) groups excluding carboxylic acids is 1. The van der Waals surface area contributed by atoms with Gasteiger partial charge in [-0.1, -0.05) is 19.3 Å². The molecule has 2 aliphatic carbocycles. The van der Waals surface area contributed by atoms with Crippen LogP contribution >= 0.6 is 0 Å². The second kappa shape index (κ2) is 7.17. The van der Waals surface area contributed by atoms with Crippen LogP contribution in [0.15, 0.2) is 0 Å². The number of nitrogens with zero attached hydrogens (tertiary/aromatic N) is 5. The fourth-order valence-electron chi connectivity index (χ4n) is 3.23. The van der Waals surface area contributed by atoms with Crippen LogP contribution in [-0.4, -0.2) is 50.3 Å². The number of rotatable bonds is 7. The summed E-state index contributed by atoms with van der Waals surface area (Å²) in [6.07, 6.45) is 8.35. The summed E-state index contributed by atoms with van der Waals surface area (Å²) < 4.78 is 7.06. The third-order valence-electron chi connectivity index (χ3n) is 4.53. The highest BCUT2D eigenvalue weighted by atomic mass is 16.5. The van der Waals surface area contributed by atoms with E-state index >= 15 is 0 Å². The van der Waals surface area contributed by atoms with Crippen LogP contribution in [0, 0.1) is 0 Å². The molecule has 0 atom stereocenters. The number of hydrogen-bond donors (Lipinski definition) is 0. The van der Waals surface area contributed by atoms with Gasteiger partial charge in [0.05, 0.1) is 25.7 Å².